The Balaban J connectivity index is 1.64. The molecule has 0 saturated carbocycles. The zero-order valence-corrected chi connectivity index (χ0v) is 18.7. The van der Waals surface area contributed by atoms with Crippen LogP contribution in [0.2, 0.25) is 0 Å². The molecule has 0 aromatic heterocycles. The quantitative estimate of drug-likeness (QED) is 0.638. The van der Waals surface area contributed by atoms with E-state index >= 15 is 0 Å². The van der Waals surface area contributed by atoms with E-state index in [9.17, 15) is 9.59 Å². The van der Waals surface area contributed by atoms with Crippen molar-refractivity contribution in [3.8, 4) is 5.75 Å². The van der Waals surface area contributed by atoms with Crippen molar-refractivity contribution in [2.24, 2.45) is 0 Å². The Kier molecular flexibility index (Phi) is 5.99. The number of rotatable bonds is 6. The second-order valence-electron chi connectivity index (χ2n) is 8.48. The van der Waals surface area contributed by atoms with Crippen molar-refractivity contribution in [2.45, 2.75) is 38.9 Å². The fourth-order valence-corrected chi connectivity index (χ4v) is 4.26. The van der Waals surface area contributed by atoms with Crippen molar-refractivity contribution in [1.29, 1.82) is 0 Å². The van der Waals surface area contributed by atoms with Gasteiger partial charge < -0.3 is 15.0 Å². The first-order chi connectivity index (χ1) is 15.4. The minimum absolute atomic E-state index is 0.123. The minimum Gasteiger partial charge on any atom is -0.496 e. The van der Waals surface area contributed by atoms with Crippen molar-refractivity contribution in [1.82, 2.24) is 10.2 Å². The minimum atomic E-state index is -1.02. The summed E-state index contributed by atoms with van der Waals surface area (Å²) < 4.78 is 5.41. The molecule has 5 heteroatoms. The van der Waals surface area contributed by atoms with Crippen molar-refractivity contribution in [3.05, 3.63) is 101 Å². The van der Waals surface area contributed by atoms with Crippen molar-refractivity contribution >= 4 is 11.8 Å². The Hall–Kier alpha value is -3.60. The summed E-state index contributed by atoms with van der Waals surface area (Å²) in [6.45, 7) is 4.58. The van der Waals surface area contributed by atoms with E-state index in [4.69, 9.17) is 4.74 Å². The normalized spacial score (nSPS) is 17.6. The molecule has 1 atom stereocenters. The molecule has 3 aromatic carbocycles. The van der Waals surface area contributed by atoms with Crippen molar-refractivity contribution in [2.75, 3.05) is 7.11 Å². The van der Waals surface area contributed by atoms with Gasteiger partial charge in [-0.05, 0) is 37.1 Å². The van der Waals surface area contributed by atoms with Gasteiger partial charge in [0, 0.05) is 30.6 Å². The fraction of sp³-hybridized carbons (Fsp3) is 0.259. The molecule has 3 aromatic rings. The van der Waals surface area contributed by atoms with E-state index in [1.54, 1.807) is 12.0 Å². The molecule has 0 unspecified atom stereocenters. The molecule has 4 rings (SSSR count). The highest BCUT2D eigenvalue weighted by Gasteiger charge is 2.46. The van der Waals surface area contributed by atoms with E-state index in [1.807, 2.05) is 86.6 Å². The van der Waals surface area contributed by atoms with E-state index in [0.29, 0.717) is 25.1 Å². The van der Waals surface area contributed by atoms with Crippen LogP contribution in [0.25, 0.3) is 0 Å². The number of ether oxygens (including phenoxy) is 1. The third-order valence-corrected chi connectivity index (χ3v) is 6.21. The van der Waals surface area contributed by atoms with E-state index < -0.39 is 5.54 Å². The highest BCUT2D eigenvalue weighted by molar-refractivity contribution is 6.02. The third kappa shape index (κ3) is 4.11. The summed E-state index contributed by atoms with van der Waals surface area (Å²) in [5.41, 5.74) is 3.58. The molecule has 2 amide bonds. The predicted octanol–water partition coefficient (Wildman–Crippen LogP) is 4.28. The summed E-state index contributed by atoms with van der Waals surface area (Å²) in [6, 6.07) is 23.2. The maximum atomic E-state index is 13.6. The molecule has 0 fully saturated rings. The lowest BCUT2D eigenvalue weighted by molar-refractivity contribution is -0.132. The summed E-state index contributed by atoms with van der Waals surface area (Å²) in [7, 11) is 1.61. The molecule has 1 heterocycles. The maximum Gasteiger partial charge on any atom is 0.255 e. The van der Waals surface area contributed by atoms with Gasteiger partial charge in [0.05, 0.1) is 7.11 Å². The first-order valence-corrected chi connectivity index (χ1v) is 10.8. The number of para-hydroxylation sites is 1. The predicted molar refractivity (Wildman–Crippen MR) is 124 cm³/mol. The number of carbonyl (C=O) groups is 2. The van der Waals surface area contributed by atoms with Gasteiger partial charge in [-0.25, -0.2) is 0 Å². The number of aryl methyl sites for hydroxylation is 1. The molecule has 0 spiro atoms. The van der Waals surface area contributed by atoms with E-state index in [2.05, 4.69) is 5.32 Å². The molecule has 0 radical (unpaired) electrons. The van der Waals surface area contributed by atoms with Gasteiger partial charge in [0.2, 0.25) is 5.91 Å². The number of fused-ring (bicyclic) bond motifs is 1. The average Bonchev–Trinajstić information content (AvgIpc) is 2.81. The number of methoxy groups -OCH3 is 1. The Morgan fingerprint density at radius 2 is 1.72 bits per heavy atom. The van der Waals surface area contributed by atoms with Crippen LogP contribution in [0.3, 0.4) is 0 Å². The molecular weight excluding hydrogens is 400 g/mol. The van der Waals surface area contributed by atoms with Crippen LogP contribution in [0, 0.1) is 6.92 Å². The summed E-state index contributed by atoms with van der Waals surface area (Å²) >= 11 is 0. The van der Waals surface area contributed by atoms with Gasteiger partial charge in [0.25, 0.3) is 5.91 Å². The lowest BCUT2D eigenvalue weighted by atomic mass is 9.82. The van der Waals surface area contributed by atoms with E-state index in [0.717, 1.165) is 28.0 Å². The molecule has 0 bridgehead atoms. The van der Waals surface area contributed by atoms with Crippen LogP contribution in [-0.2, 0) is 24.3 Å². The van der Waals surface area contributed by atoms with Crippen LogP contribution in [-0.4, -0.2) is 29.4 Å². The van der Waals surface area contributed by atoms with Gasteiger partial charge in [-0.3, -0.25) is 9.59 Å². The average molecular weight is 429 g/mol. The van der Waals surface area contributed by atoms with Gasteiger partial charge in [0.1, 0.15) is 11.3 Å². The highest BCUT2D eigenvalue weighted by atomic mass is 16.5. The fourth-order valence-electron chi connectivity index (χ4n) is 4.26. The van der Waals surface area contributed by atoms with Gasteiger partial charge >= 0.3 is 0 Å². The summed E-state index contributed by atoms with van der Waals surface area (Å²) in [6.07, 6.45) is 0.457. The van der Waals surface area contributed by atoms with Crippen LogP contribution in [0.1, 0.15) is 39.5 Å². The maximum absolute atomic E-state index is 13.6. The second-order valence-corrected chi connectivity index (χ2v) is 8.48. The zero-order valence-electron chi connectivity index (χ0n) is 18.7. The number of amides is 2. The number of nitrogens with one attached hydrogen (secondary N) is 1. The summed E-state index contributed by atoms with van der Waals surface area (Å²) in [4.78, 5) is 28.8. The number of benzene rings is 3. The smallest absolute Gasteiger partial charge is 0.255 e. The molecule has 5 nitrogen and oxygen atoms in total. The largest absolute Gasteiger partial charge is 0.496 e. The molecular formula is C27H28N2O3. The van der Waals surface area contributed by atoms with Crippen LogP contribution >= 0.6 is 0 Å². The first kappa shape index (κ1) is 21.6. The van der Waals surface area contributed by atoms with Gasteiger partial charge in [0.15, 0.2) is 0 Å². The Morgan fingerprint density at radius 1 is 1.03 bits per heavy atom. The molecule has 1 aliphatic heterocycles. The lowest BCUT2D eigenvalue weighted by Gasteiger charge is -2.44. The molecule has 164 valence electrons. The molecule has 1 aliphatic rings. The van der Waals surface area contributed by atoms with Crippen LogP contribution in [0.4, 0.5) is 0 Å². The van der Waals surface area contributed by atoms with Crippen molar-refractivity contribution in [3.63, 3.8) is 0 Å². The molecule has 1 N–H and O–H groups in total. The van der Waals surface area contributed by atoms with Crippen LogP contribution in [0.5, 0.6) is 5.75 Å². The number of nitrogens with zero attached hydrogens (tertiary/aromatic N) is 1. The van der Waals surface area contributed by atoms with Crippen molar-refractivity contribution < 1.29 is 14.3 Å². The van der Waals surface area contributed by atoms with Gasteiger partial charge in [-0.2, -0.15) is 0 Å². The Bertz CT molecular complexity index is 1140. The molecule has 32 heavy (non-hydrogen) atoms. The highest BCUT2D eigenvalue weighted by Crippen LogP contribution is 2.33. The standard InChI is InChI=1S/C27H28N2O3/c1-19-12-14-20(15-13-19)18-29-25(30)23-10-6-4-8-21(23)16-27(29,2)26(31)28-17-22-9-5-7-11-24(22)32-3/h4-15H,16-18H2,1-3H3,(H,28,31)/t27-/m1/s1. The summed E-state index contributed by atoms with van der Waals surface area (Å²) in [5.74, 6) is 0.417. The monoisotopic (exact) mass is 428 g/mol. The SMILES string of the molecule is COc1ccccc1CNC(=O)[C@@]1(C)Cc2ccccc2C(=O)N1Cc1ccc(C)cc1. The second kappa shape index (κ2) is 8.87. The number of hydrogen-bond donors (Lipinski definition) is 1. The van der Waals surface area contributed by atoms with Crippen LogP contribution in [0.15, 0.2) is 72.8 Å². The summed E-state index contributed by atoms with van der Waals surface area (Å²) in [5, 5.41) is 3.05. The van der Waals surface area contributed by atoms with Crippen LogP contribution < -0.4 is 10.1 Å². The lowest BCUT2D eigenvalue weighted by Crippen LogP contribution is -2.62. The topological polar surface area (TPSA) is 58.6 Å². The third-order valence-electron chi connectivity index (χ3n) is 6.21. The van der Waals surface area contributed by atoms with E-state index in [-0.39, 0.29) is 11.8 Å². The number of hydrogen-bond acceptors (Lipinski definition) is 3. The Morgan fingerprint density at radius 3 is 2.47 bits per heavy atom. The van der Waals surface area contributed by atoms with Gasteiger partial charge in [-0.15, -0.1) is 0 Å². The molecule has 0 saturated heterocycles. The Labute approximate surface area is 189 Å². The zero-order chi connectivity index (χ0) is 22.7. The van der Waals surface area contributed by atoms with E-state index in [1.165, 1.54) is 0 Å². The first-order valence-electron chi connectivity index (χ1n) is 10.8. The molecule has 0 aliphatic carbocycles. The van der Waals surface area contributed by atoms with Gasteiger partial charge in [-0.1, -0.05) is 66.2 Å². The number of carbonyl (C=O) groups excluding carboxylic acids is 2.